The lowest BCUT2D eigenvalue weighted by atomic mass is 10.1. The fourth-order valence-electron chi connectivity index (χ4n) is 2.28. The zero-order chi connectivity index (χ0) is 16.8. The van der Waals surface area contributed by atoms with E-state index in [-0.39, 0.29) is 6.54 Å². The molecule has 0 fully saturated rings. The Morgan fingerprint density at radius 3 is 2.39 bits per heavy atom. The summed E-state index contributed by atoms with van der Waals surface area (Å²) in [5.41, 5.74) is 1.88. The zero-order valence-electron chi connectivity index (χ0n) is 12.6. The maximum Gasteiger partial charge on any atom is 0.317 e. The van der Waals surface area contributed by atoms with Gasteiger partial charge in [0.15, 0.2) is 0 Å². The van der Waals surface area contributed by atoms with Crippen LogP contribution in [0.25, 0.3) is 0 Å². The Morgan fingerprint density at radius 2 is 1.78 bits per heavy atom. The quantitative estimate of drug-likeness (QED) is 0.814. The molecule has 0 saturated heterocycles. The molecule has 2 aromatic rings. The summed E-state index contributed by atoms with van der Waals surface area (Å²) in [4.78, 5) is 12.9. The van der Waals surface area contributed by atoms with Crippen molar-refractivity contribution >= 4 is 29.2 Å². The van der Waals surface area contributed by atoms with Gasteiger partial charge in [-0.1, -0.05) is 41.4 Å². The molecule has 0 aliphatic heterocycles. The first kappa shape index (κ1) is 17.6. The van der Waals surface area contributed by atoms with Crippen LogP contribution >= 0.6 is 23.2 Å². The van der Waals surface area contributed by atoms with E-state index in [2.05, 4.69) is 0 Å². The van der Waals surface area contributed by atoms with Gasteiger partial charge in [-0.2, -0.15) is 0 Å². The highest BCUT2D eigenvalue weighted by Crippen LogP contribution is 2.24. The first-order chi connectivity index (χ1) is 11.0. The standard InChI is InChI=1S/C17H17Cl2NO3/c1-23-14-4-2-3-12(7-14)9-20(11-17(21)22)10-13-5-6-15(18)16(19)8-13/h2-8H,9-11H2,1H3,(H,21,22). The minimum absolute atomic E-state index is 0.0720. The molecule has 1 N–H and O–H groups in total. The van der Waals surface area contributed by atoms with E-state index < -0.39 is 5.97 Å². The summed E-state index contributed by atoms with van der Waals surface area (Å²) in [6.07, 6.45) is 0. The van der Waals surface area contributed by atoms with Gasteiger partial charge in [0, 0.05) is 13.1 Å². The van der Waals surface area contributed by atoms with Crippen molar-refractivity contribution in [2.24, 2.45) is 0 Å². The minimum atomic E-state index is -0.882. The molecule has 23 heavy (non-hydrogen) atoms. The Hall–Kier alpha value is -1.75. The monoisotopic (exact) mass is 353 g/mol. The number of carbonyl (C=O) groups is 1. The highest BCUT2D eigenvalue weighted by Gasteiger charge is 2.12. The van der Waals surface area contributed by atoms with Crippen molar-refractivity contribution in [3.05, 3.63) is 63.6 Å². The Kier molecular flexibility index (Phi) is 6.28. The smallest absolute Gasteiger partial charge is 0.317 e. The van der Waals surface area contributed by atoms with Crippen molar-refractivity contribution < 1.29 is 14.6 Å². The summed E-state index contributed by atoms with van der Waals surface area (Å²) < 4.78 is 5.20. The predicted molar refractivity (Wildman–Crippen MR) is 91.2 cm³/mol. The van der Waals surface area contributed by atoms with Crippen LogP contribution in [0.1, 0.15) is 11.1 Å². The first-order valence-electron chi connectivity index (χ1n) is 6.99. The fraction of sp³-hybridized carbons (Fsp3) is 0.235. The number of methoxy groups -OCH3 is 1. The van der Waals surface area contributed by atoms with Gasteiger partial charge < -0.3 is 9.84 Å². The number of aliphatic carboxylic acids is 1. The van der Waals surface area contributed by atoms with Crippen LogP contribution < -0.4 is 4.74 Å². The summed E-state index contributed by atoms with van der Waals surface area (Å²) in [5, 5.41) is 10.1. The highest BCUT2D eigenvalue weighted by atomic mass is 35.5. The van der Waals surface area contributed by atoms with E-state index in [1.807, 2.05) is 35.2 Å². The average molecular weight is 354 g/mol. The van der Waals surface area contributed by atoms with Gasteiger partial charge in [0.05, 0.1) is 23.7 Å². The molecule has 4 nitrogen and oxygen atoms in total. The van der Waals surface area contributed by atoms with Crippen LogP contribution in [-0.4, -0.2) is 29.6 Å². The predicted octanol–water partition coefficient (Wildman–Crippen LogP) is 4.09. The molecule has 0 amide bonds. The molecule has 0 aliphatic rings. The van der Waals surface area contributed by atoms with E-state index in [4.69, 9.17) is 33.0 Å². The molecule has 0 spiro atoms. The molecule has 122 valence electrons. The van der Waals surface area contributed by atoms with Gasteiger partial charge in [-0.3, -0.25) is 9.69 Å². The largest absolute Gasteiger partial charge is 0.497 e. The summed E-state index contributed by atoms with van der Waals surface area (Å²) in [5.74, 6) is -0.139. The van der Waals surface area contributed by atoms with E-state index in [1.165, 1.54) is 0 Å². The summed E-state index contributed by atoms with van der Waals surface area (Å²) in [6.45, 7) is 0.877. The lowest BCUT2D eigenvalue weighted by molar-refractivity contribution is -0.138. The number of carboxylic acid groups (broad SMARTS) is 1. The summed E-state index contributed by atoms with van der Waals surface area (Å²) >= 11 is 11.9. The second-order valence-corrected chi connectivity index (χ2v) is 5.95. The second kappa shape index (κ2) is 8.20. The van der Waals surface area contributed by atoms with Crippen LogP contribution in [0, 0.1) is 0 Å². The van der Waals surface area contributed by atoms with Crippen molar-refractivity contribution in [1.29, 1.82) is 0 Å². The maximum absolute atomic E-state index is 11.1. The van der Waals surface area contributed by atoms with Crippen molar-refractivity contribution in [1.82, 2.24) is 4.90 Å². The van der Waals surface area contributed by atoms with Gasteiger partial charge in [-0.15, -0.1) is 0 Å². The number of halogens is 2. The third kappa shape index (κ3) is 5.43. The molecule has 0 radical (unpaired) electrons. The second-order valence-electron chi connectivity index (χ2n) is 5.14. The molecular formula is C17H17Cl2NO3. The molecule has 2 rings (SSSR count). The van der Waals surface area contributed by atoms with E-state index in [1.54, 1.807) is 19.2 Å². The van der Waals surface area contributed by atoms with Crippen molar-refractivity contribution in [3.8, 4) is 5.75 Å². The molecule has 0 heterocycles. The number of benzene rings is 2. The van der Waals surface area contributed by atoms with Crippen LogP contribution in [0.5, 0.6) is 5.75 Å². The van der Waals surface area contributed by atoms with E-state index in [0.29, 0.717) is 23.1 Å². The van der Waals surface area contributed by atoms with E-state index in [9.17, 15) is 4.79 Å². The van der Waals surface area contributed by atoms with E-state index >= 15 is 0 Å². The van der Waals surface area contributed by atoms with Gasteiger partial charge in [-0.25, -0.2) is 0 Å². The summed E-state index contributed by atoms with van der Waals surface area (Å²) in [6, 6.07) is 12.9. The lowest BCUT2D eigenvalue weighted by Gasteiger charge is -2.21. The van der Waals surface area contributed by atoms with Crippen molar-refractivity contribution in [3.63, 3.8) is 0 Å². The van der Waals surface area contributed by atoms with Gasteiger partial charge in [0.1, 0.15) is 5.75 Å². The van der Waals surface area contributed by atoms with Gasteiger partial charge in [0.25, 0.3) is 0 Å². The molecule has 6 heteroatoms. The number of nitrogens with zero attached hydrogens (tertiary/aromatic N) is 1. The van der Waals surface area contributed by atoms with Gasteiger partial charge >= 0.3 is 5.97 Å². The molecular weight excluding hydrogens is 337 g/mol. The lowest BCUT2D eigenvalue weighted by Crippen LogP contribution is -2.29. The first-order valence-corrected chi connectivity index (χ1v) is 7.74. The van der Waals surface area contributed by atoms with Crippen LogP contribution in [0.15, 0.2) is 42.5 Å². The van der Waals surface area contributed by atoms with Crippen LogP contribution in [-0.2, 0) is 17.9 Å². The van der Waals surface area contributed by atoms with Gasteiger partial charge in [-0.05, 0) is 35.4 Å². The molecule has 0 saturated carbocycles. The number of carboxylic acids is 1. The minimum Gasteiger partial charge on any atom is -0.497 e. The molecule has 0 aliphatic carbocycles. The zero-order valence-corrected chi connectivity index (χ0v) is 14.1. The maximum atomic E-state index is 11.1. The molecule has 0 bridgehead atoms. The highest BCUT2D eigenvalue weighted by molar-refractivity contribution is 6.42. The Morgan fingerprint density at radius 1 is 1.09 bits per heavy atom. The number of rotatable bonds is 7. The molecule has 0 aromatic heterocycles. The topological polar surface area (TPSA) is 49.8 Å². The normalized spacial score (nSPS) is 10.8. The number of ether oxygens (including phenoxy) is 1. The van der Waals surface area contributed by atoms with Crippen molar-refractivity contribution in [2.75, 3.05) is 13.7 Å². The molecule has 0 atom stereocenters. The van der Waals surface area contributed by atoms with Crippen LogP contribution in [0.2, 0.25) is 10.0 Å². The Labute approximate surface area is 145 Å². The van der Waals surface area contributed by atoms with Crippen LogP contribution in [0.3, 0.4) is 0 Å². The molecule has 2 aromatic carbocycles. The Bertz CT molecular complexity index is 691. The van der Waals surface area contributed by atoms with Gasteiger partial charge in [0.2, 0.25) is 0 Å². The van der Waals surface area contributed by atoms with E-state index in [0.717, 1.165) is 16.9 Å². The Balaban J connectivity index is 2.15. The summed E-state index contributed by atoms with van der Waals surface area (Å²) in [7, 11) is 1.60. The molecule has 0 unspecified atom stereocenters. The van der Waals surface area contributed by atoms with Crippen LogP contribution in [0.4, 0.5) is 0 Å². The third-order valence-electron chi connectivity index (χ3n) is 3.29. The number of hydrogen-bond donors (Lipinski definition) is 1. The average Bonchev–Trinajstić information content (AvgIpc) is 2.50. The SMILES string of the molecule is COc1cccc(CN(CC(=O)O)Cc2ccc(Cl)c(Cl)c2)c1. The number of hydrogen-bond acceptors (Lipinski definition) is 3. The third-order valence-corrected chi connectivity index (χ3v) is 4.03. The fourth-order valence-corrected chi connectivity index (χ4v) is 2.60. The van der Waals surface area contributed by atoms with Crippen molar-refractivity contribution in [2.45, 2.75) is 13.1 Å².